The van der Waals surface area contributed by atoms with E-state index in [9.17, 15) is 10.2 Å². The van der Waals surface area contributed by atoms with Gasteiger partial charge >= 0.3 is 0 Å². The summed E-state index contributed by atoms with van der Waals surface area (Å²) in [7, 11) is 0. The average Bonchev–Trinajstić information content (AvgIpc) is 2.31. The summed E-state index contributed by atoms with van der Waals surface area (Å²) in [6.07, 6.45) is 0. The normalized spacial score (nSPS) is 17.6. The summed E-state index contributed by atoms with van der Waals surface area (Å²) in [4.78, 5) is 2.19. The molecule has 4 nitrogen and oxygen atoms in total. The van der Waals surface area contributed by atoms with Crippen LogP contribution in [0.4, 0.5) is 0 Å². The van der Waals surface area contributed by atoms with Crippen molar-refractivity contribution in [3.63, 3.8) is 0 Å². The van der Waals surface area contributed by atoms with Gasteiger partial charge in [-0.3, -0.25) is 4.90 Å². The Hall–Kier alpha value is -0.970. The van der Waals surface area contributed by atoms with E-state index in [0.717, 1.165) is 26.2 Å². The number of phenols is 2. The SMILES string of the molecule is Oc1ccc(Cl)c(CN2CCNCC2)c1O. The van der Waals surface area contributed by atoms with Gasteiger partial charge in [0, 0.05) is 43.3 Å². The fourth-order valence-electron chi connectivity index (χ4n) is 1.84. The van der Waals surface area contributed by atoms with Crippen molar-refractivity contribution in [2.75, 3.05) is 26.2 Å². The maximum Gasteiger partial charge on any atom is 0.163 e. The van der Waals surface area contributed by atoms with Crippen molar-refractivity contribution in [1.29, 1.82) is 0 Å². The van der Waals surface area contributed by atoms with E-state index in [-0.39, 0.29) is 11.5 Å². The minimum Gasteiger partial charge on any atom is -0.504 e. The van der Waals surface area contributed by atoms with Gasteiger partial charge in [-0.15, -0.1) is 0 Å². The number of aromatic hydroxyl groups is 2. The third-order valence-corrected chi connectivity index (χ3v) is 3.15. The van der Waals surface area contributed by atoms with E-state index < -0.39 is 0 Å². The molecule has 0 aliphatic carbocycles. The summed E-state index contributed by atoms with van der Waals surface area (Å²) in [6, 6.07) is 3.01. The van der Waals surface area contributed by atoms with Crippen LogP contribution in [0.2, 0.25) is 5.02 Å². The van der Waals surface area contributed by atoms with Crippen LogP contribution >= 0.6 is 11.6 Å². The Kier molecular flexibility index (Phi) is 3.53. The molecule has 0 aromatic heterocycles. The van der Waals surface area contributed by atoms with Gasteiger partial charge in [0.1, 0.15) is 0 Å². The minimum atomic E-state index is -0.116. The molecule has 1 aromatic carbocycles. The summed E-state index contributed by atoms with van der Waals surface area (Å²) < 4.78 is 0. The molecule has 3 N–H and O–H groups in total. The average molecular weight is 243 g/mol. The fraction of sp³-hybridized carbons (Fsp3) is 0.455. The summed E-state index contributed by atoms with van der Waals surface area (Å²) in [5.74, 6) is -0.222. The molecule has 0 saturated carbocycles. The van der Waals surface area contributed by atoms with Crippen molar-refractivity contribution >= 4 is 11.6 Å². The molecule has 88 valence electrons. The zero-order valence-electron chi connectivity index (χ0n) is 8.91. The highest BCUT2D eigenvalue weighted by Gasteiger charge is 2.16. The molecule has 0 atom stereocenters. The monoisotopic (exact) mass is 242 g/mol. The Labute approximate surface area is 99.5 Å². The van der Waals surface area contributed by atoms with Crippen molar-refractivity contribution in [2.24, 2.45) is 0 Å². The van der Waals surface area contributed by atoms with Gasteiger partial charge in [-0.25, -0.2) is 0 Å². The Morgan fingerprint density at radius 1 is 1.25 bits per heavy atom. The molecule has 1 aliphatic rings. The zero-order valence-corrected chi connectivity index (χ0v) is 9.67. The van der Waals surface area contributed by atoms with E-state index in [4.69, 9.17) is 11.6 Å². The Bertz CT molecular complexity index is 378. The molecule has 0 radical (unpaired) electrons. The predicted octanol–water partition coefficient (Wildman–Crippen LogP) is 1.16. The molecule has 16 heavy (non-hydrogen) atoms. The van der Waals surface area contributed by atoms with Gasteiger partial charge in [-0.2, -0.15) is 0 Å². The quantitative estimate of drug-likeness (QED) is 0.682. The molecule has 0 amide bonds. The maximum absolute atomic E-state index is 9.73. The number of hydrogen-bond acceptors (Lipinski definition) is 4. The molecule has 0 spiro atoms. The number of rotatable bonds is 2. The van der Waals surface area contributed by atoms with E-state index in [1.54, 1.807) is 6.07 Å². The van der Waals surface area contributed by atoms with Crippen LogP contribution in [-0.4, -0.2) is 41.3 Å². The lowest BCUT2D eigenvalue weighted by Crippen LogP contribution is -2.42. The van der Waals surface area contributed by atoms with Gasteiger partial charge in [0.15, 0.2) is 11.5 Å². The summed E-state index contributed by atoms with van der Waals surface area (Å²) >= 11 is 6.01. The molecule has 1 saturated heterocycles. The predicted molar refractivity (Wildman–Crippen MR) is 62.9 cm³/mol. The first kappa shape index (κ1) is 11.5. The number of hydrogen-bond donors (Lipinski definition) is 3. The highest BCUT2D eigenvalue weighted by Crippen LogP contribution is 2.34. The third-order valence-electron chi connectivity index (χ3n) is 2.80. The van der Waals surface area contributed by atoms with Gasteiger partial charge in [0.05, 0.1) is 0 Å². The summed E-state index contributed by atoms with van der Waals surface area (Å²) in [5, 5.41) is 22.9. The Morgan fingerprint density at radius 2 is 1.94 bits per heavy atom. The van der Waals surface area contributed by atoms with Crippen LogP contribution in [0.15, 0.2) is 12.1 Å². The van der Waals surface area contributed by atoms with Crippen molar-refractivity contribution < 1.29 is 10.2 Å². The first-order chi connectivity index (χ1) is 7.68. The maximum atomic E-state index is 9.73. The number of piperazine rings is 1. The summed E-state index contributed by atoms with van der Waals surface area (Å²) in [5.41, 5.74) is 0.601. The van der Waals surface area contributed by atoms with Crippen molar-refractivity contribution in [2.45, 2.75) is 6.54 Å². The smallest absolute Gasteiger partial charge is 0.163 e. The van der Waals surface area contributed by atoms with Gasteiger partial charge in [-0.05, 0) is 12.1 Å². The van der Waals surface area contributed by atoms with Crippen LogP contribution in [0, 0.1) is 0 Å². The largest absolute Gasteiger partial charge is 0.504 e. The van der Waals surface area contributed by atoms with Gasteiger partial charge in [-0.1, -0.05) is 11.6 Å². The lowest BCUT2D eigenvalue weighted by Gasteiger charge is -2.27. The second-order valence-electron chi connectivity index (χ2n) is 3.92. The molecule has 0 bridgehead atoms. The second kappa shape index (κ2) is 4.91. The van der Waals surface area contributed by atoms with E-state index in [1.165, 1.54) is 6.07 Å². The summed E-state index contributed by atoms with van der Waals surface area (Å²) in [6.45, 7) is 4.30. The second-order valence-corrected chi connectivity index (χ2v) is 4.33. The molecular weight excluding hydrogens is 228 g/mol. The molecule has 1 heterocycles. The Balaban J connectivity index is 2.16. The first-order valence-electron chi connectivity index (χ1n) is 5.31. The van der Waals surface area contributed by atoms with E-state index >= 15 is 0 Å². The highest BCUT2D eigenvalue weighted by atomic mass is 35.5. The standard InChI is InChI=1S/C11H15ClN2O2/c12-9-1-2-10(15)11(16)8(9)7-14-5-3-13-4-6-14/h1-2,13,15-16H,3-7H2. The van der Waals surface area contributed by atoms with Crippen LogP contribution < -0.4 is 5.32 Å². The number of halogens is 1. The van der Waals surface area contributed by atoms with Gasteiger partial charge < -0.3 is 15.5 Å². The number of benzene rings is 1. The van der Waals surface area contributed by atoms with E-state index in [1.807, 2.05) is 0 Å². The van der Waals surface area contributed by atoms with Crippen LogP contribution in [0.25, 0.3) is 0 Å². The number of phenolic OH excluding ortho intramolecular Hbond substituents is 2. The van der Waals surface area contributed by atoms with E-state index in [0.29, 0.717) is 17.1 Å². The van der Waals surface area contributed by atoms with Crippen LogP contribution in [-0.2, 0) is 6.54 Å². The van der Waals surface area contributed by atoms with E-state index in [2.05, 4.69) is 10.2 Å². The molecule has 0 unspecified atom stereocenters. The topological polar surface area (TPSA) is 55.7 Å². The molecule has 2 rings (SSSR count). The molecule has 1 fully saturated rings. The Morgan fingerprint density at radius 3 is 2.62 bits per heavy atom. The molecular formula is C11H15ClN2O2. The van der Waals surface area contributed by atoms with Crippen molar-refractivity contribution in [3.8, 4) is 11.5 Å². The van der Waals surface area contributed by atoms with Crippen LogP contribution in [0.3, 0.4) is 0 Å². The third kappa shape index (κ3) is 2.40. The van der Waals surface area contributed by atoms with Gasteiger partial charge in [0.2, 0.25) is 0 Å². The number of nitrogens with zero attached hydrogens (tertiary/aromatic N) is 1. The van der Waals surface area contributed by atoms with Crippen LogP contribution in [0.5, 0.6) is 11.5 Å². The lowest BCUT2D eigenvalue weighted by atomic mass is 10.1. The lowest BCUT2D eigenvalue weighted by molar-refractivity contribution is 0.230. The van der Waals surface area contributed by atoms with Crippen molar-refractivity contribution in [1.82, 2.24) is 10.2 Å². The fourth-order valence-corrected chi connectivity index (χ4v) is 2.05. The van der Waals surface area contributed by atoms with Gasteiger partial charge in [0.25, 0.3) is 0 Å². The highest BCUT2D eigenvalue weighted by molar-refractivity contribution is 6.31. The van der Waals surface area contributed by atoms with Crippen molar-refractivity contribution in [3.05, 3.63) is 22.7 Å². The molecule has 1 aliphatic heterocycles. The zero-order chi connectivity index (χ0) is 11.5. The van der Waals surface area contributed by atoms with Crippen LogP contribution in [0.1, 0.15) is 5.56 Å². The molecule has 5 heteroatoms. The number of nitrogens with one attached hydrogen (secondary N) is 1. The molecule has 1 aromatic rings. The first-order valence-corrected chi connectivity index (χ1v) is 5.68. The minimum absolute atomic E-state index is 0.106.